The molecule has 0 saturated heterocycles. The highest BCUT2D eigenvalue weighted by Gasteiger charge is 2.37. The first-order valence-corrected chi connectivity index (χ1v) is 15.9. The number of rotatable bonds is 5. The van der Waals surface area contributed by atoms with E-state index >= 15 is 0 Å². The predicted molar refractivity (Wildman–Crippen MR) is 176 cm³/mol. The minimum Gasteiger partial charge on any atom is -0.246 e. The molecule has 0 aliphatic heterocycles. The summed E-state index contributed by atoms with van der Waals surface area (Å²) in [4.78, 5) is 4.43. The molecule has 0 N–H and O–H groups in total. The van der Waals surface area contributed by atoms with Crippen LogP contribution >= 0.6 is 0 Å². The quantitative estimate of drug-likeness (QED) is 0.158. The number of nitrogens with zero attached hydrogens (tertiary/aromatic N) is 1. The van der Waals surface area contributed by atoms with Gasteiger partial charge in [0.25, 0.3) is 0 Å². The topological polar surface area (TPSA) is 12.9 Å². The molecular weight excluding hydrogens is 779 g/mol. The van der Waals surface area contributed by atoms with Gasteiger partial charge in [-0.3, -0.25) is 0 Å². The molecule has 0 radical (unpaired) electrons. The summed E-state index contributed by atoms with van der Waals surface area (Å²) in [5.74, 6) is 0. The van der Waals surface area contributed by atoms with Crippen LogP contribution in [0.5, 0.6) is 0 Å². The van der Waals surface area contributed by atoms with Crippen LogP contribution in [0.1, 0.15) is 27.8 Å². The van der Waals surface area contributed by atoms with Crippen molar-refractivity contribution in [2.75, 3.05) is 0 Å². The van der Waals surface area contributed by atoms with Crippen molar-refractivity contribution in [3.05, 3.63) is 149 Å². The third-order valence-corrected chi connectivity index (χ3v) is 8.56. The second-order valence-corrected chi connectivity index (χ2v) is 12.3. The molecule has 0 atom stereocenters. The second kappa shape index (κ2) is 14.0. The van der Waals surface area contributed by atoms with Gasteiger partial charge in [-0.25, -0.2) is 4.98 Å². The number of benzene rings is 5. The standard InChI is InChI=1S/C40H20F15N/c41-36(42,43)26-11-1-6-21(16-26)31-32(22-7-2-12-27(17-22)37(44,45)46)34(24-9-4-14-29(19-24)39(50,51)52)56-35(25-10-5-15-30(20-25)40(53,54)55)33(31)23-8-3-13-28(18-23)38(47,48)49/h1-20H. The van der Waals surface area contributed by atoms with Crippen LogP contribution in [0.4, 0.5) is 65.9 Å². The molecule has 5 aromatic carbocycles. The van der Waals surface area contributed by atoms with Crippen LogP contribution in [-0.2, 0) is 30.9 Å². The molecule has 0 spiro atoms. The lowest BCUT2D eigenvalue weighted by Crippen LogP contribution is -2.09. The van der Waals surface area contributed by atoms with Crippen LogP contribution in [0.15, 0.2) is 121 Å². The Bertz CT molecular complexity index is 2280. The van der Waals surface area contributed by atoms with Crippen LogP contribution in [0.3, 0.4) is 0 Å². The van der Waals surface area contributed by atoms with Crippen LogP contribution < -0.4 is 0 Å². The summed E-state index contributed by atoms with van der Waals surface area (Å²) in [5, 5.41) is 0. The van der Waals surface area contributed by atoms with Crippen molar-refractivity contribution in [1.82, 2.24) is 4.98 Å². The lowest BCUT2D eigenvalue weighted by molar-refractivity contribution is -0.138. The third-order valence-electron chi connectivity index (χ3n) is 8.56. The molecule has 0 bridgehead atoms. The van der Waals surface area contributed by atoms with Crippen molar-refractivity contribution in [3.8, 4) is 55.9 Å². The third kappa shape index (κ3) is 8.23. The van der Waals surface area contributed by atoms with E-state index in [2.05, 4.69) is 4.98 Å². The first-order chi connectivity index (χ1) is 25.9. The van der Waals surface area contributed by atoms with Gasteiger partial charge in [-0.2, -0.15) is 65.9 Å². The minimum absolute atomic E-state index is 0.496. The van der Waals surface area contributed by atoms with Crippen molar-refractivity contribution in [2.24, 2.45) is 0 Å². The van der Waals surface area contributed by atoms with E-state index in [1.54, 1.807) is 0 Å². The van der Waals surface area contributed by atoms with Crippen molar-refractivity contribution in [3.63, 3.8) is 0 Å². The fourth-order valence-electron chi connectivity index (χ4n) is 6.09. The Morgan fingerprint density at radius 1 is 0.268 bits per heavy atom. The molecule has 1 nitrogen and oxygen atoms in total. The number of pyridine rings is 1. The monoisotopic (exact) mass is 799 g/mol. The minimum atomic E-state index is -5.08. The van der Waals surface area contributed by atoms with Crippen LogP contribution in [0.25, 0.3) is 55.9 Å². The highest BCUT2D eigenvalue weighted by molar-refractivity contribution is 6.05. The SMILES string of the molecule is FC(F)(F)c1cccc(-c2nc(-c3cccc(C(F)(F)F)c3)c(-c3cccc(C(F)(F)F)c3)c(-c3cccc(C(F)(F)F)c3)c2-c2cccc(C(F)(F)F)c2)c1. The van der Waals surface area contributed by atoms with E-state index in [9.17, 15) is 65.9 Å². The van der Waals surface area contributed by atoms with Gasteiger partial charge in [0.15, 0.2) is 0 Å². The fraction of sp³-hybridized carbons (Fsp3) is 0.125. The Labute approximate surface area is 306 Å². The zero-order chi connectivity index (χ0) is 41.0. The van der Waals surface area contributed by atoms with E-state index < -0.39 is 115 Å². The van der Waals surface area contributed by atoms with Gasteiger partial charge in [0.2, 0.25) is 0 Å². The maximum Gasteiger partial charge on any atom is 0.416 e. The summed E-state index contributed by atoms with van der Waals surface area (Å²) in [6, 6.07) is 15.3. The average Bonchev–Trinajstić information content (AvgIpc) is 3.12. The van der Waals surface area contributed by atoms with Crippen LogP contribution in [0.2, 0.25) is 0 Å². The molecule has 16 heteroatoms. The summed E-state index contributed by atoms with van der Waals surface area (Å²) in [5.41, 5.74) is -12.2. The van der Waals surface area contributed by atoms with Gasteiger partial charge in [0, 0.05) is 27.8 Å². The van der Waals surface area contributed by atoms with Crippen molar-refractivity contribution < 1.29 is 65.9 Å². The molecule has 56 heavy (non-hydrogen) atoms. The zero-order valence-corrected chi connectivity index (χ0v) is 27.7. The number of hydrogen-bond acceptors (Lipinski definition) is 1. The van der Waals surface area contributed by atoms with Crippen LogP contribution in [0, 0.1) is 0 Å². The van der Waals surface area contributed by atoms with Crippen LogP contribution in [-0.4, -0.2) is 4.98 Å². The fourth-order valence-corrected chi connectivity index (χ4v) is 6.09. The summed E-state index contributed by atoms with van der Waals surface area (Å²) in [6.45, 7) is 0. The lowest BCUT2D eigenvalue weighted by Gasteiger charge is -2.25. The molecule has 1 heterocycles. The Morgan fingerprint density at radius 3 is 0.732 bits per heavy atom. The molecule has 0 fully saturated rings. The van der Waals surface area contributed by atoms with Gasteiger partial charge in [0.05, 0.1) is 39.2 Å². The average molecular weight is 800 g/mol. The van der Waals surface area contributed by atoms with Gasteiger partial charge in [-0.15, -0.1) is 0 Å². The van der Waals surface area contributed by atoms with E-state index in [1.165, 1.54) is 0 Å². The Morgan fingerprint density at radius 2 is 0.482 bits per heavy atom. The first kappa shape index (κ1) is 39.9. The van der Waals surface area contributed by atoms with Crippen molar-refractivity contribution in [1.29, 1.82) is 0 Å². The molecule has 0 aliphatic rings. The van der Waals surface area contributed by atoms with E-state index in [-0.39, 0.29) is 0 Å². The van der Waals surface area contributed by atoms with E-state index in [1.807, 2.05) is 0 Å². The summed E-state index contributed by atoms with van der Waals surface area (Å²) in [7, 11) is 0. The summed E-state index contributed by atoms with van der Waals surface area (Å²) < 4.78 is 212. The lowest BCUT2D eigenvalue weighted by atomic mass is 9.82. The second-order valence-electron chi connectivity index (χ2n) is 12.3. The highest BCUT2D eigenvalue weighted by atomic mass is 19.4. The van der Waals surface area contributed by atoms with E-state index in [0.29, 0.717) is 60.7 Å². The molecular formula is C40H20F15N. The van der Waals surface area contributed by atoms with Gasteiger partial charge in [-0.1, -0.05) is 60.7 Å². The maximum absolute atomic E-state index is 14.2. The largest absolute Gasteiger partial charge is 0.416 e. The smallest absolute Gasteiger partial charge is 0.246 e. The Balaban J connectivity index is 1.93. The van der Waals surface area contributed by atoms with Crippen molar-refractivity contribution in [2.45, 2.75) is 30.9 Å². The first-order valence-electron chi connectivity index (χ1n) is 15.9. The number of alkyl halides is 15. The zero-order valence-electron chi connectivity index (χ0n) is 27.7. The summed E-state index contributed by atoms with van der Waals surface area (Å²) >= 11 is 0. The van der Waals surface area contributed by atoms with Gasteiger partial charge < -0.3 is 0 Å². The van der Waals surface area contributed by atoms with E-state index in [0.717, 1.165) is 60.7 Å². The highest BCUT2D eigenvalue weighted by Crippen LogP contribution is 2.51. The molecule has 0 aliphatic carbocycles. The van der Waals surface area contributed by atoms with E-state index in [4.69, 9.17) is 0 Å². The molecule has 0 unspecified atom stereocenters. The number of halogens is 15. The Kier molecular flexibility index (Phi) is 10.0. The molecule has 1 aromatic heterocycles. The van der Waals surface area contributed by atoms with Gasteiger partial charge >= 0.3 is 30.9 Å². The van der Waals surface area contributed by atoms with Crippen molar-refractivity contribution >= 4 is 0 Å². The van der Waals surface area contributed by atoms with Gasteiger partial charge in [0.1, 0.15) is 0 Å². The number of hydrogen-bond donors (Lipinski definition) is 0. The molecule has 6 aromatic rings. The Hall–Kier alpha value is -5.80. The normalized spacial score (nSPS) is 12.9. The molecule has 290 valence electrons. The number of aromatic nitrogens is 1. The summed E-state index contributed by atoms with van der Waals surface area (Å²) in [6.07, 6.45) is -25.3. The van der Waals surface area contributed by atoms with Gasteiger partial charge in [-0.05, 0) is 77.4 Å². The predicted octanol–water partition coefficient (Wildman–Crippen LogP) is 14.5. The molecule has 0 amide bonds. The molecule has 0 saturated carbocycles. The molecule has 6 rings (SSSR count). The maximum atomic E-state index is 14.2.